The number of nitrogens with one attached hydrogen (secondary N) is 1. The molecule has 5 nitrogen and oxygen atoms in total. The summed E-state index contributed by atoms with van der Waals surface area (Å²) in [5.74, 6) is 3.12. The Hall–Kier alpha value is -1.59. The molecule has 3 rings (SSSR count). The minimum absolute atomic E-state index is 0.730. The van der Waals surface area contributed by atoms with Gasteiger partial charge in [0, 0.05) is 37.6 Å². The number of rotatable bonds is 7. The van der Waals surface area contributed by atoms with Gasteiger partial charge in [-0.3, -0.25) is 4.90 Å². The molecule has 1 aliphatic rings. The highest BCUT2D eigenvalue weighted by atomic mass is 16.3. The van der Waals surface area contributed by atoms with Gasteiger partial charge >= 0.3 is 0 Å². The highest BCUT2D eigenvalue weighted by Crippen LogP contribution is 2.21. The van der Waals surface area contributed by atoms with Crippen molar-refractivity contribution in [3.8, 4) is 0 Å². The summed E-state index contributed by atoms with van der Waals surface area (Å²) in [6.45, 7) is 4.59. The molecular weight excluding hydrogens is 264 g/mol. The average molecular weight is 288 g/mol. The van der Waals surface area contributed by atoms with Crippen LogP contribution in [0.15, 0.2) is 22.9 Å². The van der Waals surface area contributed by atoms with Crippen LogP contribution < -0.4 is 5.32 Å². The van der Waals surface area contributed by atoms with Crippen molar-refractivity contribution < 1.29 is 4.42 Å². The van der Waals surface area contributed by atoms with E-state index in [4.69, 9.17) is 4.42 Å². The van der Waals surface area contributed by atoms with Crippen molar-refractivity contribution in [1.82, 2.24) is 19.8 Å². The number of aryl methyl sites for hydroxylation is 2. The lowest BCUT2D eigenvalue weighted by Gasteiger charge is -2.14. The summed E-state index contributed by atoms with van der Waals surface area (Å²) in [5, 5.41) is 3.54. The molecule has 1 N–H and O–H groups in total. The van der Waals surface area contributed by atoms with Gasteiger partial charge in [-0.1, -0.05) is 0 Å². The van der Waals surface area contributed by atoms with Crippen LogP contribution in [-0.2, 0) is 26.7 Å². The molecule has 1 aliphatic carbocycles. The van der Waals surface area contributed by atoms with E-state index >= 15 is 0 Å². The molecule has 2 aromatic heterocycles. The Kier molecular flexibility index (Phi) is 4.12. The molecule has 0 amide bonds. The van der Waals surface area contributed by atoms with Crippen molar-refractivity contribution in [2.24, 2.45) is 7.05 Å². The van der Waals surface area contributed by atoms with Gasteiger partial charge in [-0.05, 0) is 32.9 Å². The van der Waals surface area contributed by atoms with Gasteiger partial charge in [0.05, 0.1) is 13.1 Å². The molecule has 0 aromatic carbocycles. The third-order valence-electron chi connectivity index (χ3n) is 3.99. The maximum Gasteiger partial charge on any atom is 0.122 e. The molecule has 2 heterocycles. The van der Waals surface area contributed by atoms with Crippen LogP contribution in [0, 0.1) is 6.92 Å². The van der Waals surface area contributed by atoms with Crippen LogP contribution in [-0.4, -0.2) is 27.5 Å². The summed E-state index contributed by atoms with van der Waals surface area (Å²) >= 11 is 0. The first-order valence-electron chi connectivity index (χ1n) is 7.58. The summed E-state index contributed by atoms with van der Waals surface area (Å²) in [6, 6.07) is 2.91. The van der Waals surface area contributed by atoms with E-state index in [-0.39, 0.29) is 0 Å². The second kappa shape index (κ2) is 6.03. The standard InChI is InChI=1S/C16H24N4O/c1-12-13(9-18-14-4-5-14)8-15(21-12)10-19(2)11-16-17-6-7-20(16)3/h6-8,14,18H,4-5,9-11H2,1-3H3. The van der Waals surface area contributed by atoms with Gasteiger partial charge in [0.25, 0.3) is 0 Å². The van der Waals surface area contributed by atoms with E-state index in [0.29, 0.717) is 0 Å². The molecule has 5 heteroatoms. The van der Waals surface area contributed by atoms with Crippen LogP contribution in [0.25, 0.3) is 0 Å². The molecule has 0 saturated heterocycles. The SMILES string of the molecule is Cc1oc(CN(C)Cc2nccn2C)cc1CNC1CC1. The zero-order valence-electron chi connectivity index (χ0n) is 13.1. The minimum atomic E-state index is 0.730. The normalized spacial score (nSPS) is 15.0. The Morgan fingerprint density at radius 1 is 1.43 bits per heavy atom. The second-order valence-corrected chi connectivity index (χ2v) is 6.08. The van der Waals surface area contributed by atoms with Gasteiger partial charge in [-0.25, -0.2) is 4.98 Å². The van der Waals surface area contributed by atoms with E-state index in [1.54, 1.807) is 0 Å². The maximum absolute atomic E-state index is 5.88. The molecule has 0 unspecified atom stereocenters. The van der Waals surface area contributed by atoms with Crippen molar-refractivity contribution in [2.75, 3.05) is 7.05 Å². The molecular formula is C16H24N4O. The zero-order chi connectivity index (χ0) is 14.8. The van der Waals surface area contributed by atoms with Crippen LogP contribution >= 0.6 is 0 Å². The van der Waals surface area contributed by atoms with E-state index in [9.17, 15) is 0 Å². The predicted molar refractivity (Wildman–Crippen MR) is 81.7 cm³/mol. The Morgan fingerprint density at radius 3 is 2.90 bits per heavy atom. The summed E-state index contributed by atoms with van der Waals surface area (Å²) in [4.78, 5) is 6.58. The molecule has 1 saturated carbocycles. The van der Waals surface area contributed by atoms with Gasteiger partial charge < -0.3 is 14.3 Å². The Bertz CT molecular complexity index is 597. The highest BCUT2D eigenvalue weighted by molar-refractivity contribution is 5.21. The topological polar surface area (TPSA) is 46.2 Å². The smallest absolute Gasteiger partial charge is 0.122 e. The van der Waals surface area contributed by atoms with Crippen molar-refractivity contribution in [2.45, 2.75) is 45.4 Å². The molecule has 21 heavy (non-hydrogen) atoms. The number of aromatic nitrogens is 2. The third-order valence-corrected chi connectivity index (χ3v) is 3.99. The number of nitrogens with zero attached hydrogens (tertiary/aromatic N) is 3. The quantitative estimate of drug-likeness (QED) is 0.848. The largest absolute Gasteiger partial charge is 0.465 e. The number of imidazole rings is 1. The molecule has 1 fully saturated rings. The minimum Gasteiger partial charge on any atom is -0.465 e. The number of furan rings is 1. The Morgan fingerprint density at radius 2 is 2.24 bits per heavy atom. The molecule has 0 aliphatic heterocycles. The van der Waals surface area contributed by atoms with E-state index in [1.807, 2.05) is 26.4 Å². The van der Waals surface area contributed by atoms with E-state index in [1.165, 1.54) is 18.4 Å². The van der Waals surface area contributed by atoms with Gasteiger partial charge in [-0.15, -0.1) is 0 Å². The van der Waals surface area contributed by atoms with E-state index in [2.05, 4.69) is 32.9 Å². The molecule has 0 atom stereocenters. The van der Waals surface area contributed by atoms with Crippen molar-refractivity contribution in [3.05, 3.63) is 41.4 Å². The Balaban J connectivity index is 1.56. The van der Waals surface area contributed by atoms with Crippen LogP contribution in [0.3, 0.4) is 0 Å². The summed E-state index contributed by atoms with van der Waals surface area (Å²) in [6.07, 6.45) is 6.44. The average Bonchev–Trinajstić information content (AvgIpc) is 3.09. The fraction of sp³-hybridized carbons (Fsp3) is 0.562. The van der Waals surface area contributed by atoms with Crippen molar-refractivity contribution in [1.29, 1.82) is 0 Å². The molecule has 0 bridgehead atoms. The lowest BCUT2D eigenvalue weighted by molar-refractivity contribution is 0.276. The van der Waals surface area contributed by atoms with Gasteiger partial charge in [0.2, 0.25) is 0 Å². The summed E-state index contributed by atoms with van der Waals surface area (Å²) in [5.41, 5.74) is 1.28. The van der Waals surface area contributed by atoms with Crippen LogP contribution in [0.2, 0.25) is 0 Å². The molecule has 2 aromatic rings. The number of hydrogen-bond acceptors (Lipinski definition) is 4. The summed E-state index contributed by atoms with van der Waals surface area (Å²) < 4.78 is 7.93. The molecule has 0 spiro atoms. The highest BCUT2D eigenvalue weighted by Gasteiger charge is 2.21. The van der Waals surface area contributed by atoms with Crippen LogP contribution in [0.4, 0.5) is 0 Å². The maximum atomic E-state index is 5.88. The van der Waals surface area contributed by atoms with Crippen molar-refractivity contribution >= 4 is 0 Å². The summed E-state index contributed by atoms with van der Waals surface area (Å²) in [7, 11) is 4.11. The van der Waals surface area contributed by atoms with Gasteiger partial charge in [-0.2, -0.15) is 0 Å². The lowest BCUT2D eigenvalue weighted by Crippen LogP contribution is -2.19. The third kappa shape index (κ3) is 3.74. The fourth-order valence-corrected chi connectivity index (χ4v) is 2.49. The molecule has 0 radical (unpaired) electrons. The first-order chi connectivity index (χ1) is 10.1. The first kappa shape index (κ1) is 14.4. The second-order valence-electron chi connectivity index (χ2n) is 6.08. The van der Waals surface area contributed by atoms with Gasteiger partial charge in [0.15, 0.2) is 0 Å². The predicted octanol–water partition coefficient (Wildman–Crippen LogP) is 2.21. The van der Waals surface area contributed by atoms with Gasteiger partial charge in [0.1, 0.15) is 17.3 Å². The van der Waals surface area contributed by atoms with E-state index < -0.39 is 0 Å². The van der Waals surface area contributed by atoms with Crippen LogP contribution in [0.1, 0.15) is 35.7 Å². The number of hydrogen-bond donors (Lipinski definition) is 1. The molecule has 114 valence electrons. The van der Waals surface area contributed by atoms with E-state index in [0.717, 1.165) is 43.0 Å². The zero-order valence-corrected chi connectivity index (χ0v) is 13.1. The first-order valence-corrected chi connectivity index (χ1v) is 7.58. The fourth-order valence-electron chi connectivity index (χ4n) is 2.49. The Labute approximate surface area is 126 Å². The van der Waals surface area contributed by atoms with Crippen molar-refractivity contribution in [3.63, 3.8) is 0 Å². The monoisotopic (exact) mass is 288 g/mol. The van der Waals surface area contributed by atoms with Crippen LogP contribution in [0.5, 0.6) is 0 Å². The lowest BCUT2D eigenvalue weighted by atomic mass is 10.2.